The molecule has 15 bridgehead atoms. The third-order valence-corrected chi connectivity index (χ3v) is 18.7. The number of aliphatic hydroxyl groups excluding tert-OH is 2. The van der Waals surface area contributed by atoms with Crippen molar-refractivity contribution in [3.05, 3.63) is 129 Å². The normalized spacial score (nSPS) is 26.7. The molecule has 0 aromatic heterocycles. The number of aromatic hydroxyl groups is 4. The lowest BCUT2D eigenvalue weighted by Crippen LogP contribution is -2.59. The van der Waals surface area contributed by atoms with E-state index in [1.807, 2.05) is 0 Å². The van der Waals surface area contributed by atoms with Gasteiger partial charge in [-0.05, 0) is 151 Å². The van der Waals surface area contributed by atoms with E-state index in [1.165, 1.54) is 55.6 Å². The van der Waals surface area contributed by atoms with Gasteiger partial charge in [-0.2, -0.15) is 0 Å². The first-order valence-electron chi connectivity index (χ1n) is 30.3. The second kappa shape index (κ2) is 26.3. The number of nitrogens with two attached hydrogens (primary N) is 1. The van der Waals surface area contributed by atoms with Crippen LogP contribution in [0.15, 0.2) is 91.3 Å². The van der Waals surface area contributed by atoms with Crippen molar-refractivity contribution in [3.63, 3.8) is 0 Å². The third-order valence-electron chi connectivity index (χ3n) is 18.1. The Morgan fingerprint density at radius 1 is 0.645 bits per heavy atom. The smallest absolute Gasteiger partial charge is 0.248 e. The maximum atomic E-state index is 15.8. The van der Waals surface area contributed by atoms with Gasteiger partial charge in [0, 0.05) is 30.3 Å². The van der Waals surface area contributed by atoms with Crippen LogP contribution in [0.4, 0.5) is 0 Å². The van der Waals surface area contributed by atoms with E-state index >= 15 is 24.0 Å². The molecular formula is C65H70Cl2N10O16. The van der Waals surface area contributed by atoms with Crippen LogP contribution in [0, 0.1) is 29.6 Å². The number of hydrogen-bond donors (Lipinski definition) is 16. The monoisotopic (exact) mass is 1320 g/mol. The van der Waals surface area contributed by atoms with E-state index in [1.54, 1.807) is 13.8 Å². The lowest BCUT2D eigenvalue weighted by molar-refractivity contribution is -0.138. The molecule has 4 saturated carbocycles. The number of benzene rings is 5. The zero-order valence-corrected chi connectivity index (χ0v) is 51.9. The fourth-order valence-corrected chi connectivity index (χ4v) is 14.3. The molecule has 9 aliphatic rings. The number of rotatable bonds is 10. The van der Waals surface area contributed by atoms with Crippen molar-refractivity contribution < 1.29 is 78.5 Å². The summed E-state index contributed by atoms with van der Waals surface area (Å²) >= 11 is 13.8. The van der Waals surface area contributed by atoms with Crippen molar-refractivity contribution in [1.82, 2.24) is 47.9 Å². The number of nitrogens with one attached hydrogen (secondary N) is 9. The Morgan fingerprint density at radius 2 is 1.23 bits per heavy atom. The average Bonchev–Trinajstić information content (AvgIpc) is 0.785. The first kappa shape index (κ1) is 65.2. The molecule has 28 heteroatoms. The maximum absolute atomic E-state index is 15.8. The van der Waals surface area contributed by atoms with Crippen LogP contribution in [0.3, 0.4) is 0 Å². The zero-order chi connectivity index (χ0) is 66.6. The number of phenolic OH excluding ortho intramolecular Hbond substituents is 4. The quantitative estimate of drug-likeness (QED) is 0.0926. The van der Waals surface area contributed by atoms with Crippen LogP contribution in [0.1, 0.15) is 117 Å². The minimum atomic E-state index is -2.17. The number of fused-ring (bicyclic) bond motifs is 15. The summed E-state index contributed by atoms with van der Waals surface area (Å²) in [4.78, 5) is 119. The van der Waals surface area contributed by atoms with Crippen LogP contribution in [-0.2, 0) is 38.4 Å². The fourth-order valence-electron chi connectivity index (χ4n) is 13.8. The van der Waals surface area contributed by atoms with E-state index in [-0.39, 0.29) is 96.5 Å². The van der Waals surface area contributed by atoms with Gasteiger partial charge in [0.2, 0.25) is 53.0 Å². The minimum absolute atomic E-state index is 0.0505. The molecule has 0 radical (unpaired) electrons. The Balaban J connectivity index is 1.08. The highest BCUT2D eigenvalue weighted by molar-refractivity contribution is 6.32. The third kappa shape index (κ3) is 13.5. The average molecular weight is 1320 g/mol. The van der Waals surface area contributed by atoms with E-state index in [2.05, 4.69) is 54.4 Å². The molecule has 26 nitrogen and oxygen atoms in total. The lowest BCUT2D eigenvalue weighted by Gasteiger charge is -2.54. The fraction of sp³-hybridized carbons (Fsp3) is 0.385. The highest BCUT2D eigenvalue weighted by Gasteiger charge is 2.50. The molecule has 5 aliphatic heterocycles. The van der Waals surface area contributed by atoms with E-state index in [0.29, 0.717) is 11.8 Å². The van der Waals surface area contributed by atoms with Gasteiger partial charge in [0.25, 0.3) is 0 Å². The number of carbonyl (C=O) groups excluding carboxylic acids is 8. The van der Waals surface area contributed by atoms with Crippen LogP contribution >= 0.6 is 23.2 Å². The summed E-state index contributed by atoms with van der Waals surface area (Å²) < 4.78 is 12.5. The largest absolute Gasteiger partial charge is 0.508 e. The van der Waals surface area contributed by atoms with Gasteiger partial charge in [0.15, 0.2) is 11.5 Å². The summed E-state index contributed by atoms with van der Waals surface area (Å²) in [5.41, 5.74) is 4.65. The highest BCUT2D eigenvalue weighted by atomic mass is 35.5. The maximum Gasteiger partial charge on any atom is 0.248 e. The summed E-state index contributed by atoms with van der Waals surface area (Å²) in [5.74, 6) is -12.0. The van der Waals surface area contributed by atoms with E-state index in [4.69, 9.17) is 38.4 Å². The van der Waals surface area contributed by atoms with Crippen LogP contribution in [0.5, 0.6) is 46.0 Å². The van der Waals surface area contributed by atoms with Crippen molar-refractivity contribution in [2.45, 2.75) is 119 Å². The number of hydrogen-bond acceptors (Lipinski definition) is 18. The van der Waals surface area contributed by atoms with Crippen molar-refractivity contribution >= 4 is 70.5 Å². The number of carbonyl (C=O) groups is 8. The molecule has 8 amide bonds. The highest BCUT2D eigenvalue weighted by Crippen LogP contribution is 2.54. The molecule has 490 valence electrons. The van der Waals surface area contributed by atoms with Gasteiger partial charge in [-0.1, -0.05) is 61.8 Å². The van der Waals surface area contributed by atoms with Crippen LogP contribution in [0.25, 0.3) is 11.1 Å². The minimum Gasteiger partial charge on any atom is -0.508 e. The molecule has 14 rings (SSSR count). The molecule has 17 N–H and O–H groups in total. The first-order chi connectivity index (χ1) is 44.2. The summed E-state index contributed by atoms with van der Waals surface area (Å²) in [5, 5.41) is 94.4. The van der Waals surface area contributed by atoms with Crippen LogP contribution < -0.4 is 63.1 Å². The number of ether oxygens (including phenoxy) is 2. The second-order valence-corrected chi connectivity index (χ2v) is 25.9. The Hall–Kier alpha value is -9.34. The van der Waals surface area contributed by atoms with Gasteiger partial charge in [-0.15, -0.1) is 0 Å². The molecule has 0 unspecified atom stereocenters. The topological polar surface area (TPSA) is 411 Å². The molecule has 5 aromatic carbocycles. The number of halogens is 2. The second-order valence-electron chi connectivity index (χ2n) is 25.1. The molecule has 93 heavy (non-hydrogen) atoms. The SMILES string of the molecule is C=C(NC)NC(=O)C[C@@H]1NC(=O)[C@H](NC(=O)[C@H](N)CC(C)C)[C@H](O)c2ccc(c(Cl)c2)Oc2cc3cc(c2O)Oc2ccc(cc2Cl)[C@@H](O)[C@H]2NC(=O)[C@H](NC(=O)[C@@H]3NC1=O)c1ccc(O)c(c1)-c1c(O)cc(O)cc1[C@@H](C(=O)NC1C3CC4CC(C3)CC1C4)NC2=O. The first-order valence-corrected chi connectivity index (χ1v) is 31.1. The number of amides is 8. The number of aliphatic hydroxyl groups is 2. The zero-order valence-electron chi connectivity index (χ0n) is 50.4. The molecular weight excluding hydrogens is 1250 g/mol. The molecule has 5 heterocycles. The Morgan fingerprint density at radius 3 is 1.83 bits per heavy atom. The van der Waals surface area contributed by atoms with Crippen molar-refractivity contribution in [3.8, 4) is 57.1 Å². The summed E-state index contributed by atoms with van der Waals surface area (Å²) in [6, 6.07) is 1.37. The van der Waals surface area contributed by atoms with Gasteiger partial charge in [-0.25, -0.2) is 0 Å². The Bertz CT molecular complexity index is 3880. The van der Waals surface area contributed by atoms with Crippen molar-refractivity contribution in [1.29, 1.82) is 0 Å². The molecule has 0 spiro atoms. The summed E-state index contributed by atoms with van der Waals surface area (Å²) in [6.45, 7) is 7.28. The van der Waals surface area contributed by atoms with E-state index in [9.17, 15) is 45.0 Å². The molecule has 4 fully saturated rings. The lowest BCUT2D eigenvalue weighted by atomic mass is 9.54. The summed E-state index contributed by atoms with van der Waals surface area (Å²) in [6.07, 6.45) is -0.197. The number of phenols is 4. The van der Waals surface area contributed by atoms with Gasteiger partial charge in [0.1, 0.15) is 77.2 Å². The molecule has 5 aromatic rings. The van der Waals surface area contributed by atoms with Crippen LogP contribution in [-0.4, -0.2) is 115 Å². The predicted molar refractivity (Wildman–Crippen MR) is 334 cm³/mol. The standard InChI is InChI=1S/C65H70Cl2N10O16/c1-25(2)11-40(68)59(85)76-54-56(82)30-6-9-44(38(66)18-30)92-46-20-34-21-47(58(46)84)93-45-10-7-31(19-39(45)67)57(83)55-65(91)75-53(63(89)72-50-32-13-27-12-28(15-32)16-33(50)14-27)37-22-35(78)23-43(80)49(37)36-17-29(5-8-42(36)79)51(61(87)77-55)74-62(88)52(34)73-60(86)41(71-64(54)90)24-48(81)70-26(3)69-4/h5-10,17-23,25,27-28,32-33,40-41,50-57,69,78-80,82-84H,3,11-16,24,68H2,1-2,4H3,(H,70,81)(H,71,90)(H,72,89)(H,73,86)(H,74,88)(H,75,91)(H,76,85)(H,77,87)/t27?,28?,32?,33?,40-,41+,50?,51-,52-,53+,54-,55-,56-,57-/m1/s1. The molecule has 9 atom stereocenters. The van der Waals surface area contributed by atoms with Crippen molar-refractivity contribution in [2.75, 3.05) is 7.05 Å². The molecule has 0 saturated heterocycles. The van der Waals surface area contributed by atoms with Gasteiger partial charge >= 0.3 is 0 Å². The Labute approximate surface area is 542 Å². The predicted octanol–water partition coefficient (Wildman–Crippen LogP) is 4.31. The van der Waals surface area contributed by atoms with E-state index < -0.39 is 143 Å². The van der Waals surface area contributed by atoms with E-state index in [0.717, 1.165) is 62.4 Å². The summed E-state index contributed by atoms with van der Waals surface area (Å²) in [7, 11) is 1.43. The van der Waals surface area contributed by atoms with Gasteiger partial charge < -0.3 is 93.7 Å². The Kier molecular flexibility index (Phi) is 18.5. The van der Waals surface area contributed by atoms with Gasteiger partial charge in [-0.3, -0.25) is 38.4 Å². The van der Waals surface area contributed by atoms with Gasteiger partial charge in [0.05, 0.1) is 28.3 Å². The molecule has 4 aliphatic carbocycles. The van der Waals surface area contributed by atoms with Crippen LogP contribution in [0.2, 0.25) is 10.0 Å². The van der Waals surface area contributed by atoms with Crippen molar-refractivity contribution in [2.24, 2.45) is 35.3 Å².